The first kappa shape index (κ1) is 25.1. The van der Waals surface area contributed by atoms with Crippen LogP contribution in [-0.4, -0.2) is 53.0 Å². The second kappa shape index (κ2) is 10.2. The average Bonchev–Trinajstić information content (AvgIpc) is 3.87. The molecule has 2 atom stereocenters. The third kappa shape index (κ3) is 5.34. The van der Waals surface area contributed by atoms with Gasteiger partial charge in [0.1, 0.15) is 0 Å². The maximum absolute atomic E-state index is 13.3. The quantitative estimate of drug-likeness (QED) is 0.438. The number of hydrogen-bond acceptors (Lipinski definition) is 5. The summed E-state index contributed by atoms with van der Waals surface area (Å²) in [6.07, 6.45) is 6.37. The molecular weight excluding hydrogens is 498 g/mol. The fourth-order valence-corrected chi connectivity index (χ4v) is 6.29. The molecule has 3 fully saturated rings. The molecule has 2 saturated carbocycles. The summed E-state index contributed by atoms with van der Waals surface area (Å²) < 4.78 is 26.4. The van der Waals surface area contributed by atoms with E-state index in [1.807, 2.05) is 11.0 Å². The number of amides is 2. The van der Waals surface area contributed by atoms with Crippen molar-refractivity contribution in [1.29, 1.82) is 0 Å². The van der Waals surface area contributed by atoms with Crippen LogP contribution in [0.15, 0.2) is 59.6 Å². The molecule has 3 heterocycles. The van der Waals surface area contributed by atoms with Gasteiger partial charge in [-0.1, -0.05) is 37.3 Å². The average molecular weight is 534 g/mol. The van der Waals surface area contributed by atoms with Crippen LogP contribution in [0.25, 0.3) is 0 Å². The monoisotopic (exact) mass is 533 g/mol. The third-order valence-corrected chi connectivity index (χ3v) is 9.85. The van der Waals surface area contributed by atoms with E-state index in [0.29, 0.717) is 24.7 Å². The Kier molecular flexibility index (Phi) is 6.72. The number of carbonyl (C=O) groups excluding carboxylic acids is 1. The normalized spacial score (nSPS) is 21.6. The molecule has 1 aliphatic heterocycles. The standard InChI is InChI=1S/C29H35N5O3S/c1-2-38(36,37)24-13-12-23(30-16-24)15-31-29(35)33-18-25(21-6-4-3-5-7-21)26(19-33)28-14-27(22-10-11-22)32-34(28)17-20-8-9-20/h3-7,12-14,16,20,22,25-26H,2,8-11,15,17-19H2,1H3,(H,31,35). The molecule has 0 radical (unpaired) electrons. The van der Waals surface area contributed by atoms with Gasteiger partial charge in [-0.3, -0.25) is 9.67 Å². The molecule has 0 bridgehead atoms. The first-order valence-electron chi connectivity index (χ1n) is 13.7. The zero-order chi connectivity index (χ0) is 26.3. The summed E-state index contributed by atoms with van der Waals surface area (Å²) >= 11 is 0. The Labute approximate surface area is 224 Å². The number of rotatable bonds is 9. The van der Waals surface area contributed by atoms with Gasteiger partial charge in [0.05, 0.1) is 28.6 Å². The molecule has 1 saturated heterocycles. The number of nitrogens with one attached hydrogen (secondary N) is 1. The Morgan fingerprint density at radius 3 is 2.45 bits per heavy atom. The molecule has 2 amide bonds. The van der Waals surface area contributed by atoms with E-state index in [1.54, 1.807) is 19.1 Å². The van der Waals surface area contributed by atoms with E-state index < -0.39 is 9.84 Å². The number of carbonyl (C=O) groups is 1. The summed E-state index contributed by atoms with van der Waals surface area (Å²) in [4.78, 5) is 19.7. The molecule has 6 rings (SSSR count). The van der Waals surface area contributed by atoms with E-state index in [4.69, 9.17) is 5.10 Å². The summed E-state index contributed by atoms with van der Waals surface area (Å²) in [5.74, 6) is 1.73. The van der Waals surface area contributed by atoms with Gasteiger partial charge in [-0.05, 0) is 55.4 Å². The molecular formula is C29H35N5O3S. The van der Waals surface area contributed by atoms with Gasteiger partial charge in [-0.2, -0.15) is 5.10 Å². The molecule has 38 heavy (non-hydrogen) atoms. The number of nitrogens with zero attached hydrogens (tertiary/aromatic N) is 4. The lowest BCUT2D eigenvalue weighted by Gasteiger charge is -2.20. The van der Waals surface area contributed by atoms with Gasteiger partial charge < -0.3 is 10.2 Å². The van der Waals surface area contributed by atoms with Crippen molar-refractivity contribution in [2.45, 2.75) is 68.3 Å². The number of aromatic nitrogens is 3. The topological polar surface area (TPSA) is 97.2 Å². The predicted molar refractivity (Wildman–Crippen MR) is 145 cm³/mol. The molecule has 2 aliphatic carbocycles. The molecule has 2 unspecified atom stereocenters. The van der Waals surface area contributed by atoms with E-state index >= 15 is 0 Å². The fraction of sp³-hybridized carbons (Fsp3) is 0.483. The third-order valence-electron chi connectivity index (χ3n) is 8.13. The number of urea groups is 1. The van der Waals surface area contributed by atoms with Crippen LogP contribution in [0.5, 0.6) is 0 Å². The van der Waals surface area contributed by atoms with E-state index in [-0.39, 0.29) is 35.1 Å². The van der Waals surface area contributed by atoms with Crippen molar-refractivity contribution in [2.75, 3.05) is 18.8 Å². The van der Waals surface area contributed by atoms with Crippen molar-refractivity contribution in [3.63, 3.8) is 0 Å². The lowest BCUT2D eigenvalue weighted by Crippen LogP contribution is -2.38. The summed E-state index contributed by atoms with van der Waals surface area (Å²) in [6.45, 7) is 4.10. The fourth-order valence-electron chi connectivity index (χ4n) is 5.47. The first-order valence-corrected chi connectivity index (χ1v) is 15.4. The predicted octanol–water partition coefficient (Wildman–Crippen LogP) is 4.45. The SMILES string of the molecule is CCS(=O)(=O)c1ccc(CNC(=O)N2CC(c3ccccc3)C(c3cc(C4CC4)nn3CC3CC3)C2)nc1. The van der Waals surface area contributed by atoms with E-state index in [2.05, 4.69) is 45.3 Å². The van der Waals surface area contributed by atoms with Crippen LogP contribution < -0.4 is 5.32 Å². The van der Waals surface area contributed by atoms with Gasteiger partial charge in [-0.15, -0.1) is 0 Å². The molecule has 2 aromatic heterocycles. The minimum atomic E-state index is -3.30. The summed E-state index contributed by atoms with van der Waals surface area (Å²) in [6, 6.07) is 15.9. The second-order valence-electron chi connectivity index (χ2n) is 11.0. The number of pyridine rings is 1. The maximum Gasteiger partial charge on any atom is 0.317 e. The van der Waals surface area contributed by atoms with Crippen LogP contribution in [0, 0.1) is 5.92 Å². The number of benzene rings is 1. The summed E-state index contributed by atoms with van der Waals surface area (Å²) in [5, 5.41) is 8.05. The lowest BCUT2D eigenvalue weighted by atomic mass is 9.86. The van der Waals surface area contributed by atoms with Crippen molar-refractivity contribution in [3.8, 4) is 0 Å². The van der Waals surface area contributed by atoms with Crippen LogP contribution >= 0.6 is 0 Å². The highest BCUT2D eigenvalue weighted by Gasteiger charge is 2.40. The zero-order valence-corrected chi connectivity index (χ0v) is 22.6. The van der Waals surface area contributed by atoms with Crippen LogP contribution in [-0.2, 0) is 22.9 Å². The Balaban J connectivity index is 1.20. The highest BCUT2D eigenvalue weighted by molar-refractivity contribution is 7.91. The molecule has 3 aliphatic rings. The van der Waals surface area contributed by atoms with Crippen molar-refractivity contribution in [1.82, 2.24) is 25.0 Å². The van der Waals surface area contributed by atoms with Gasteiger partial charge in [0.2, 0.25) is 0 Å². The molecule has 1 N–H and O–H groups in total. The molecule has 200 valence electrons. The highest BCUT2D eigenvalue weighted by atomic mass is 32.2. The van der Waals surface area contributed by atoms with Crippen LogP contribution in [0.2, 0.25) is 0 Å². The Morgan fingerprint density at radius 1 is 1.03 bits per heavy atom. The minimum Gasteiger partial charge on any atom is -0.332 e. The van der Waals surface area contributed by atoms with Gasteiger partial charge >= 0.3 is 6.03 Å². The Morgan fingerprint density at radius 2 is 1.79 bits per heavy atom. The van der Waals surface area contributed by atoms with Crippen LogP contribution in [0.3, 0.4) is 0 Å². The number of likely N-dealkylation sites (tertiary alicyclic amines) is 1. The zero-order valence-electron chi connectivity index (χ0n) is 21.8. The molecule has 1 aromatic carbocycles. The van der Waals surface area contributed by atoms with Crippen molar-refractivity contribution < 1.29 is 13.2 Å². The summed E-state index contributed by atoms with van der Waals surface area (Å²) in [5.41, 5.74) is 4.35. The van der Waals surface area contributed by atoms with Gasteiger partial charge in [-0.25, -0.2) is 13.2 Å². The van der Waals surface area contributed by atoms with E-state index in [9.17, 15) is 13.2 Å². The largest absolute Gasteiger partial charge is 0.332 e. The molecule has 0 spiro atoms. The van der Waals surface area contributed by atoms with Gasteiger partial charge in [0.15, 0.2) is 9.84 Å². The Bertz CT molecular complexity index is 1400. The van der Waals surface area contributed by atoms with Gasteiger partial charge in [0, 0.05) is 49.3 Å². The van der Waals surface area contributed by atoms with Crippen LogP contribution in [0.4, 0.5) is 4.79 Å². The van der Waals surface area contributed by atoms with Crippen molar-refractivity contribution in [3.05, 3.63) is 77.4 Å². The highest BCUT2D eigenvalue weighted by Crippen LogP contribution is 2.45. The number of sulfone groups is 1. The minimum absolute atomic E-state index is 0.0329. The summed E-state index contributed by atoms with van der Waals surface area (Å²) in [7, 11) is -3.30. The van der Waals surface area contributed by atoms with Crippen molar-refractivity contribution >= 4 is 15.9 Å². The second-order valence-corrected chi connectivity index (χ2v) is 13.2. The first-order chi connectivity index (χ1) is 18.4. The lowest BCUT2D eigenvalue weighted by molar-refractivity contribution is 0.207. The molecule has 9 heteroatoms. The van der Waals surface area contributed by atoms with Gasteiger partial charge in [0.25, 0.3) is 0 Å². The van der Waals surface area contributed by atoms with E-state index in [0.717, 1.165) is 12.5 Å². The van der Waals surface area contributed by atoms with E-state index in [1.165, 1.54) is 48.8 Å². The van der Waals surface area contributed by atoms with Crippen LogP contribution in [0.1, 0.15) is 73.0 Å². The molecule has 3 aromatic rings. The smallest absolute Gasteiger partial charge is 0.317 e. The number of hydrogen-bond donors (Lipinski definition) is 1. The maximum atomic E-state index is 13.3. The Hall–Kier alpha value is -3.20. The van der Waals surface area contributed by atoms with Crippen molar-refractivity contribution in [2.24, 2.45) is 5.92 Å². The molecule has 8 nitrogen and oxygen atoms in total.